The van der Waals surface area contributed by atoms with E-state index in [-0.39, 0.29) is 31.3 Å². The van der Waals surface area contributed by atoms with Gasteiger partial charge in [-0.2, -0.15) is 5.26 Å². The number of rotatable bonds is 18. The molecule has 1 unspecified atom stereocenters. The van der Waals surface area contributed by atoms with Crippen LogP contribution in [0.1, 0.15) is 53.1 Å². The van der Waals surface area contributed by atoms with Crippen LogP contribution in [0.15, 0.2) is 67.0 Å². The van der Waals surface area contributed by atoms with Crippen LogP contribution in [0.5, 0.6) is 17.2 Å². The van der Waals surface area contributed by atoms with E-state index in [0.717, 1.165) is 40.0 Å². The highest BCUT2D eigenvalue weighted by atomic mass is 35.5. The molecular formula is C42H47ClN4O9. The molecule has 0 saturated carbocycles. The summed E-state index contributed by atoms with van der Waals surface area (Å²) < 4.78 is 23.4. The van der Waals surface area contributed by atoms with Crippen molar-refractivity contribution in [3.63, 3.8) is 0 Å². The van der Waals surface area contributed by atoms with Gasteiger partial charge in [0.15, 0.2) is 5.60 Å². The molecule has 3 aromatic carbocycles. The molecule has 5 rings (SSSR count). The topological polar surface area (TPSA) is 184 Å². The number of nitrogens with one attached hydrogen (secondary N) is 1. The zero-order chi connectivity index (χ0) is 40.5. The van der Waals surface area contributed by atoms with Crippen molar-refractivity contribution in [3.8, 4) is 34.4 Å². The monoisotopic (exact) mass is 786 g/mol. The molecule has 1 fully saturated rings. The molecular weight excluding hydrogens is 740 g/mol. The summed E-state index contributed by atoms with van der Waals surface area (Å²) in [6, 6.07) is 18.9. The average molecular weight is 787 g/mol. The van der Waals surface area contributed by atoms with Crippen LogP contribution in [0.2, 0.25) is 5.02 Å². The molecule has 13 nitrogen and oxygen atoms in total. The number of nitriles is 1. The lowest BCUT2D eigenvalue weighted by atomic mass is 9.93. The second kappa shape index (κ2) is 18.6. The second-order valence-corrected chi connectivity index (χ2v) is 14.5. The number of likely N-dealkylation sites (tertiary alicyclic amines) is 1. The van der Waals surface area contributed by atoms with Crippen LogP contribution < -0.4 is 19.5 Å². The van der Waals surface area contributed by atoms with Crippen LogP contribution in [0.4, 0.5) is 0 Å². The zero-order valence-corrected chi connectivity index (χ0v) is 32.7. The van der Waals surface area contributed by atoms with Crippen molar-refractivity contribution in [1.29, 1.82) is 5.26 Å². The van der Waals surface area contributed by atoms with Crippen molar-refractivity contribution in [3.05, 3.63) is 105 Å². The van der Waals surface area contributed by atoms with Gasteiger partial charge >= 0.3 is 11.9 Å². The fraction of sp³-hybridized carbons (Fsp3) is 0.381. The third-order valence-corrected chi connectivity index (χ3v) is 10.4. The van der Waals surface area contributed by atoms with Crippen LogP contribution in [0, 0.1) is 25.2 Å². The molecule has 14 heteroatoms. The van der Waals surface area contributed by atoms with Gasteiger partial charge in [-0.3, -0.25) is 20.0 Å². The van der Waals surface area contributed by atoms with E-state index >= 15 is 0 Å². The van der Waals surface area contributed by atoms with E-state index in [9.17, 15) is 30.2 Å². The molecule has 1 saturated heterocycles. The van der Waals surface area contributed by atoms with E-state index in [1.807, 2.05) is 49.1 Å². The number of methoxy groups -OCH3 is 1. The fourth-order valence-electron chi connectivity index (χ4n) is 6.48. The van der Waals surface area contributed by atoms with Gasteiger partial charge in [0.2, 0.25) is 0 Å². The first kappa shape index (κ1) is 41.9. The van der Waals surface area contributed by atoms with Gasteiger partial charge in [-0.15, -0.1) is 0 Å². The van der Waals surface area contributed by atoms with Crippen molar-refractivity contribution in [1.82, 2.24) is 15.2 Å². The number of hydrogen-bond donors (Lipinski definition) is 4. The van der Waals surface area contributed by atoms with Crippen LogP contribution in [-0.4, -0.2) is 88.2 Å². The minimum absolute atomic E-state index is 0.0122. The number of carboxylic acids is 1. The number of nitrogens with zero attached hydrogens (tertiary/aromatic N) is 3. The normalized spacial score (nSPS) is 16.5. The molecule has 2 heterocycles. The number of halogens is 1. The van der Waals surface area contributed by atoms with Gasteiger partial charge in [-0.05, 0) is 73.2 Å². The molecule has 1 aliphatic rings. The number of benzene rings is 3. The maximum atomic E-state index is 11.9. The van der Waals surface area contributed by atoms with Crippen molar-refractivity contribution in [2.24, 2.45) is 0 Å². The van der Waals surface area contributed by atoms with Crippen LogP contribution in [0.3, 0.4) is 0 Å². The lowest BCUT2D eigenvalue weighted by Crippen LogP contribution is -2.52. The van der Waals surface area contributed by atoms with Gasteiger partial charge in [0.1, 0.15) is 42.1 Å². The number of esters is 1. The second-order valence-electron chi connectivity index (χ2n) is 14.1. The van der Waals surface area contributed by atoms with Crippen molar-refractivity contribution < 1.29 is 43.9 Å². The molecule has 56 heavy (non-hydrogen) atoms. The van der Waals surface area contributed by atoms with Crippen molar-refractivity contribution >= 4 is 23.5 Å². The molecule has 2 atom stereocenters. The number of carboxylic acid groups (broad SMARTS) is 1. The molecule has 0 bridgehead atoms. The van der Waals surface area contributed by atoms with Crippen LogP contribution >= 0.6 is 11.6 Å². The van der Waals surface area contributed by atoms with Crippen LogP contribution in [0.25, 0.3) is 11.1 Å². The van der Waals surface area contributed by atoms with Gasteiger partial charge in [0.25, 0.3) is 0 Å². The molecule has 0 spiro atoms. The Morgan fingerprint density at radius 2 is 1.73 bits per heavy atom. The summed E-state index contributed by atoms with van der Waals surface area (Å²) in [5.74, 6) is -0.336. The highest BCUT2D eigenvalue weighted by Crippen LogP contribution is 2.36. The molecule has 4 N–H and O–H groups in total. The average Bonchev–Trinajstić information content (AvgIpc) is 3.59. The molecule has 0 amide bonds. The summed E-state index contributed by atoms with van der Waals surface area (Å²) in [6.07, 6.45) is 4.10. The number of aliphatic hydroxyl groups is 2. The summed E-state index contributed by atoms with van der Waals surface area (Å²) in [7, 11) is 1.28. The zero-order valence-electron chi connectivity index (χ0n) is 31.9. The van der Waals surface area contributed by atoms with E-state index in [0.29, 0.717) is 54.3 Å². The standard InChI is InChI=1S/C42H47ClN4O9/c1-27-31(8-5-9-33(27)34-10-6-11-36(28(34)2)54-15-7-13-47-14-12-42(52,25-47)40(51)53-4)24-56-38-18-37(55-23-30-16-29(19-44)20-45-21-30)32(17-35(38)43)22-46-41(3,26-48)39(49)50/h5-6,8-11,16-18,20-21,46,48,52H,7,12-15,22-26H2,1-4H3,(H,49,50)/t41-,42?/m0/s1. The first-order valence-corrected chi connectivity index (χ1v) is 18.5. The van der Waals surface area contributed by atoms with E-state index in [1.165, 1.54) is 20.2 Å². The Kier molecular flexibility index (Phi) is 13.9. The van der Waals surface area contributed by atoms with E-state index in [2.05, 4.69) is 22.4 Å². The molecule has 1 aromatic heterocycles. The Morgan fingerprint density at radius 3 is 2.45 bits per heavy atom. The number of aliphatic carboxylic acids is 1. The molecule has 1 aliphatic heterocycles. The summed E-state index contributed by atoms with van der Waals surface area (Å²) in [5, 5.41) is 42.4. The Bertz CT molecular complexity index is 2090. The number of aromatic nitrogens is 1. The van der Waals surface area contributed by atoms with E-state index < -0.39 is 29.7 Å². The number of β-amino-alcohol motifs (C(OH)–C–C–N with tert-alkyl or cyclic N) is 1. The molecule has 4 aromatic rings. The third-order valence-electron chi connectivity index (χ3n) is 10.1. The Hall–Kier alpha value is -5.23. The highest BCUT2D eigenvalue weighted by molar-refractivity contribution is 6.32. The van der Waals surface area contributed by atoms with Crippen LogP contribution in [-0.2, 0) is 34.1 Å². The lowest BCUT2D eigenvalue weighted by Gasteiger charge is -2.25. The molecule has 0 radical (unpaired) electrons. The number of carbonyl (C=O) groups excluding carboxylic acids is 1. The third kappa shape index (κ3) is 9.95. The Morgan fingerprint density at radius 1 is 1.00 bits per heavy atom. The Balaban J connectivity index is 1.29. The number of aliphatic hydroxyl groups excluding tert-OH is 1. The number of ether oxygens (including phenoxy) is 4. The smallest absolute Gasteiger partial charge is 0.339 e. The van der Waals surface area contributed by atoms with E-state index in [4.69, 9.17) is 30.5 Å². The van der Waals surface area contributed by atoms with Gasteiger partial charge in [-0.1, -0.05) is 41.9 Å². The number of pyridine rings is 1. The van der Waals surface area contributed by atoms with Gasteiger partial charge in [0, 0.05) is 62.2 Å². The van der Waals surface area contributed by atoms with Crippen molar-refractivity contribution in [2.45, 2.75) is 64.5 Å². The van der Waals surface area contributed by atoms with Gasteiger partial charge < -0.3 is 34.3 Å². The highest BCUT2D eigenvalue weighted by Gasteiger charge is 2.43. The largest absolute Gasteiger partial charge is 0.493 e. The lowest BCUT2D eigenvalue weighted by molar-refractivity contribution is -0.160. The quantitative estimate of drug-likeness (QED) is 0.0749. The predicted octanol–water partition coefficient (Wildman–Crippen LogP) is 5.35. The fourth-order valence-corrected chi connectivity index (χ4v) is 6.72. The minimum atomic E-state index is -1.60. The first-order valence-electron chi connectivity index (χ1n) is 18.2. The van der Waals surface area contributed by atoms with Crippen molar-refractivity contribution in [2.75, 3.05) is 40.0 Å². The summed E-state index contributed by atoms with van der Waals surface area (Å²) in [4.78, 5) is 29.9. The molecule has 296 valence electrons. The number of hydrogen-bond acceptors (Lipinski definition) is 12. The van der Waals surface area contributed by atoms with Gasteiger partial charge in [-0.25, -0.2) is 4.79 Å². The van der Waals surface area contributed by atoms with E-state index in [1.54, 1.807) is 24.4 Å². The van der Waals surface area contributed by atoms with Gasteiger partial charge in [0.05, 0.1) is 30.9 Å². The summed E-state index contributed by atoms with van der Waals surface area (Å²) in [5.41, 5.74) is 3.46. The summed E-state index contributed by atoms with van der Waals surface area (Å²) >= 11 is 6.73. The maximum Gasteiger partial charge on any atom is 0.339 e. The number of carbonyl (C=O) groups is 2. The molecule has 0 aliphatic carbocycles. The first-order chi connectivity index (χ1) is 26.8. The predicted molar refractivity (Wildman–Crippen MR) is 209 cm³/mol. The summed E-state index contributed by atoms with van der Waals surface area (Å²) in [6.45, 7) is 7.05. The Labute approximate surface area is 331 Å². The maximum absolute atomic E-state index is 11.9. The minimum Gasteiger partial charge on any atom is -0.493 e. The SMILES string of the molecule is COC(=O)C1(O)CCN(CCCOc2cccc(-c3cccc(COc4cc(OCc5cncc(C#N)c5)c(CN[C@@](C)(CO)C(=O)O)cc4Cl)c3C)c2C)C1.